The Hall–Kier alpha value is -3.12. The molecule has 218 valence electrons. The van der Waals surface area contributed by atoms with E-state index in [2.05, 4.69) is 4.90 Å². The SMILES string of the molecule is COCCOCCOCC(=O)N1CCN(CCCCCC2=C(C)C(=O)N(c3ccc4c(c3)COC4=O)C2=O)CC1. The fourth-order valence-electron chi connectivity index (χ4n) is 5.12. The van der Waals surface area contributed by atoms with Crippen LogP contribution in [0.15, 0.2) is 29.3 Å². The van der Waals surface area contributed by atoms with Crippen LogP contribution in [0.25, 0.3) is 0 Å². The molecule has 0 N–H and O–H groups in total. The fraction of sp³-hybridized carbons (Fsp3) is 0.586. The molecule has 0 aliphatic carbocycles. The topological polar surface area (TPSA) is 115 Å². The van der Waals surface area contributed by atoms with Crippen molar-refractivity contribution in [1.82, 2.24) is 9.80 Å². The summed E-state index contributed by atoms with van der Waals surface area (Å²) < 4.78 is 20.7. The number of fused-ring (bicyclic) bond motifs is 1. The van der Waals surface area contributed by atoms with Crippen molar-refractivity contribution in [1.29, 1.82) is 0 Å². The number of carbonyl (C=O) groups excluding carboxylic acids is 4. The summed E-state index contributed by atoms with van der Waals surface area (Å²) in [6.07, 6.45) is 3.29. The molecule has 0 saturated carbocycles. The lowest BCUT2D eigenvalue weighted by Crippen LogP contribution is -2.49. The standard InChI is InChI=1S/C29H39N3O8/c1-21-24(28(35)32(27(21)34)23-7-8-25-22(18-23)19-40-29(25)36)6-4-3-5-9-30-10-12-31(13-11-30)26(33)20-39-17-16-38-15-14-37-2/h7-8,18H,3-6,9-17,19-20H2,1-2H3. The number of unbranched alkanes of at least 4 members (excludes halogenated alkanes) is 2. The zero-order chi connectivity index (χ0) is 28.5. The van der Waals surface area contributed by atoms with Crippen molar-refractivity contribution in [2.24, 2.45) is 0 Å². The summed E-state index contributed by atoms with van der Waals surface area (Å²) >= 11 is 0. The second kappa shape index (κ2) is 14.5. The van der Waals surface area contributed by atoms with Crippen LogP contribution in [0, 0.1) is 0 Å². The third kappa shape index (κ3) is 7.34. The smallest absolute Gasteiger partial charge is 0.338 e. The minimum atomic E-state index is -0.382. The molecule has 11 heteroatoms. The van der Waals surface area contributed by atoms with E-state index in [0.717, 1.165) is 38.9 Å². The number of cyclic esters (lactones) is 1. The first-order chi connectivity index (χ1) is 19.4. The van der Waals surface area contributed by atoms with Crippen molar-refractivity contribution >= 4 is 29.4 Å². The summed E-state index contributed by atoms with van der Waals surface area (Å²) in [4.78, 5) is 55.5. The third-order valence-electron chi connectivity index (χ3n) is 7.52. The first-order valence-corrected chi connectivity index (χ1v) is 13.9. The number of anilines is 1. The number of imide groups is 1. The highest BCUT2D eigenvalue weighted by Gasteiger charge is 2.37. The average Bonchev–Trinajstić information content (AvgIpc) is 3.43. The van der Waals surface area contributed by atoms with Gasteiger partial charge in [0.1, 0.15) is 13.2 Å². The van der Waals surface area contributed by atoms with Crippen molar-refractivity contribution in [2.75, 3.05) is 77.8 Å². The number of carbonyl (C=O) groups is 4. The number of ether oxygens (including phenoxy) is 4. The molecule has 0 unspecified atom stereocenters. The van der Waals surface area contributed by atoms with Gasteiger partial charge in [0.05, 0.1) is 37.7 Å². The number of nitrogens with zero attached hydrogens (tertiary/aromatic N) is 3. The lowest BCUT2D eigenvalue weighted by molar-refractivity contribution is -0.138. The van der Waals surface area contributed by atoms with E-state index in [-0.39, 0.29) is 36.9 Å². The molecule has 0 atom stereocenters. The minimum Gasteiger partial charge on any atom is -0.457 e. The summed E-state index contributed by atoms with van der Waals surface area (Å²) in [5.74, 6) is -0.965. The molecule has 0 bridgehead atoms. The molecule has 0 aromatic heterocycles. The normalized spacial score (nSPS) is 17.7. The first kappa shape index (κ1) is 29.9. The van der Waals surface area contributed by atoms with E-state index >= 15 is 0 Å². The van der Waals surface area contributed by atoms with E-state index in [4.69, 9.17) is 18.9 Å². The second-order valence-corrected chi connectivity index (χ2v) is 10.2. The van der Waals surface area contributed by atoms with Gasteiger partial charge in [0.15, 0.2) is 0 Å². The molecule has 3 aliphatic rings. The van der Waals surface area contributed by atoms with E-state index < -0.39 is 0 Å². The Bertz CT molecular complexity index is 1130. The monoisotopic (exact) mass is 557 g/mol. The maximum atomic E-state index is 13.1. The number of esters is 1. The molecule has 3 aliphatic heterocycles. The van der Waals surface area contributed by atoms with Crippen molar-refractivity contribution < 1.29 is 38.1 Å². The number of methoxy groups -OCH3 is 1. The Morgan fingerprint density at radius 3 is 2.45 bits per heavy atom. The van der Waals surface area contributed by atoms with Crippen LogP contribution in [-0.4, -0.2) is 106 Å². The van der Waals surface area contributed by atoms with Gasteiger partial charge in [-0.3, -0.25) is 19.3 Å². The van der Waals surface area contributed by atoms with Crippen LogP contribution in [0.1, 0.15) is 48.5 Å². The summed E-state index contributed by atoms with van der Waals surface area (Å²) in [6.45, 7) is 7.78. The largest absolute Gasteiger partial charge is 0.457 e. The Kier molecular flexibility index (Phi) is 10.8. The van der Waals surface area contributed by atoms with Crippen molar-refractivity contribution in [3.63, 3.8) is 0 Å². The molecule has 0 radical (unpaired) electrons. The molecule has 40 heavy (non-hydrogen) atoms. The van der Waals surface area contributed by atoms with Gasteiger partial charge < -0.3 is 23.8 Å². The summed E-state index contributed by atoms with van der Waals surface area (Å²) in [5.41, 5.74) is 2.69. The van der Waals surface area contributed by atoms with Gasteiger partial charge in [0.25, 0.3) is 11.8 Å². The number of amides is 3. The van der Waals surface area contributed by atoms with Gasteiger partial charge in [-0.25, -0.2) is 9.69 Å². The molecule has 3 amide bonds. The molecule has 1 aromatic rings. The molecule has 1 fully saturated rings. The molecule has 3 heterocycles. The molecular formula is C29H39N3O8. The molecule has 4 rings (SSSR count). The number of piperazine rings is 1. The van der Waals surface area contributed by atoms with E-state index in [9.17, 15) is 19.2 Å². The van der Waals surface area contributed by atoms with Gasteiger partial charge >= 0.3 is 5.97 Å². The molecule has 1 saturated heterocycles. The maximum absolute atomic E-state index is 13.1. The quantitative estimate of drug-likeness (QED) is 0.181. The van der Waals surface area contributed by atoms with Crippen LogP contribution in [-0.2, 0) is 39.9 Å². The summed E-state index contributed by atoms with van der Waals surface area (Å²) in [6, 6.07) is 4.92. The third-order valence-corrected chi connectivity index (χ3v) is 7.52. The van der Waals surface area contributed by atoms with Gasteiger partial charge in [-0.15, -0.1) is 0 Å². The Labute approximate surface area is 234 Å². The average molecular weight is 558 g/mol. The van der Waals surface area contributed by atoms with Crippen molar-refractivity contribution in [2.45, 2.75) is 39.2 Å². The van der Waals surface area contributed by atoms with Crippen LogP contribution >= 0.6 is 0 Å². The van der Waals surface area contributed by atoms with Gasteiger partial charge in [-0.05, 0) is 50.9 Å². The van der Waals surface area contributed by atoms with Gasteiger partial charge in [0.2, 0.25) is 5.91 Å². The first-order valence-electron chi connectivity index (χ1n) is 13.9. The summed E-state index contributed by atoms with van der Waals surface area (Å²) in [7, 11) is 1.62. The van der Waals surface area contributed by atoms with Gasteiger partial charge in [-0.2, -0.15) is 0 Å². The van der Waals surface area contributed by atoms with Crippen LogP contribution in [0.5, 0.6) is 0 Å². The number of benzene rings is 1. The predicted molar refractivity (Wildman–Crippen MR) is 146 cm³/mol. The van der Waals surface area contributed by atoms with E-state index in [0.29, 0.717) is 73.9 Å². The minimum absolute atomic E-state index is 0.00622. The Morgan fingerprint density at radius 2 is 1.68 bits per heavy atom. The van der Waals surface area contributed by atoms with Crippen LogP contribution < -0.4 is 4.90 Å². The lowest BCUT2D eigenvalue weighted by atomic mass is 10.0. The molecular weight excluding hydrogens is 518 g/mol. The van der Waals surface area contributed by atoms with E-state index in [1.807, 2.05) is 4.90 Å². The Balaban J connectivity index is 1.11. The number of hydrogen-bond acceptors (Lipinski definition) is 9. The van der Waals surface area contributed by atoms with E-state index in [1.54, 1.807) is 32.2 Å². The highest BCUT2D eigenvalue weighted by Crippen LogP contribution is 2.32. The zero-order valence-corrected chi connectivity index (χ0v) is 23.4. The molecule has 1 aromatic carbocycles. The zero-order valence-electron chi connectivity index (χ0n) is 23.4. The van der Waals surface area contributed by atoms with Crippen molar-refractivity contribution in [3.8, 4) is 0 Å². The van der Waals surface area contributed by atoms with Crippen LogP contribution in [0.3, 0.4) is 0 Å². The fourth-order valence-corrected chi connectivity index (χ4v) is 5.12. The number of rotatable bonds is 15. The molecule has 0 spiro atoms. The lowest BCUT2D eigenvalue weighted by Gasteiger charge is -2.34. The molecule has 11 nitrogen and oxygen atoms in total. The van der Waals surface area contributed by atoms with Crippen molar-refractivity contribution in [3.05, 3.63) is 40.5 Å². The van der Waals surface area contributed by atoms with Crippen LogP contribution in [0.4, 0.5) is 5.69 Å². The van der Waals surface area contributed by atoms with E-state index in [1.165, 1.54) is 4.90 Å². The van der Waals surface area contributed by atoms with Crippen LogP contribution in [0.2, 0.25) is 0 Å². The van der Waals surface area contributed by atoms with Gasteiger partial charge in [-0.1, -0.05) is 6.42 Å². The number of hydrogen-bond donors (Lipinski definition) is 0. The predicted octanol–water partition coefficient (Wildman–Crippen LogP) is 1.93. The van der Waals surface area contributed by atoms with Gasteiger partial charge in [0, 0.05) is 50.0 Å². The Morgan fingerprint density at radius 1 is 0.925 bits per heavy atom. The maximum Gasteiger partial charge on any atom is 0.338 e. The summed E-state index contributed by atoms with van der Waals surface area (Å²) in [5, 5.41) is 0. The highest BCUT2D eigenvalue weighted by atomic mass is 16.5. The highest BCUT2D eigenvalue weighted by molar-refractivity contribution is 6.32. The second-order valence-electron chi connectivity index (χ2n) is 10.2.